The Morgan fingerprint density at radius 3 is 0.750 bits per heavy atom. The molecule has 8 heteroatoms. The van der Waals surface area contributed by atoms with Crippen LogP contribution in [0.4, 0.5) is 0 Å². The van der Waals surface area contributed by atoms with Crippen molar-refractivity contribution >= 4 is 42.8 Å². The van der Waals surface area contributed by atoms with Crippen LogP contribution in [0.5, 0.6) is 0 Å². The monoisotopic (exact) mass is 247 g/mol. The van der Waals surface area contributed by atoms with Crippen molar-refractivity contribution in [3.63, 3.8) is 0 Å². The molecule has 0 aromatic rings. The molecule has 0 bridgehead atoms. The molecule has 0 unspecified atom stereocenters. The van der Waals surface area contributed by atoms with Gasteiger partial charge < -0.3 is 55.1 Å². The Balaban J connectivity index is -0.000000000333. The second-order valence-corrected chi connectivity index (χ2v) is 0. The summed E-state index contributed by atoms with van der Waals surface area (Å²) in [6.45, 7) is 0. The first-order valence-electron chi connectivity index (χ1n) is 0.218. The van der Waals surface area contributed by atoms with Crippen molar-refractivity contribution in [2.45, 2.75) is 0 Å². The van der Waals surface area contributed by atoms with E-state index in [1.54, 1.807) is 0 Å². The second kappa shape index (κ2) is 111. The van der Waals surface area contributed by atoms with Crippen LogP contribution in [-0.4, -0.2) is 38.2 Å². The first-order valence-corrected chi connectivity index (χ1v) is 1.96. The van der Waals surface area contributed by atoms with E-state index in [-0.39, 0.29) is 72.5 Å². The number of hydrogen-bond donors (Lipinski definition) is 0. The molecule has 2 N–H and O–H groups in total. The summed E-state index contributed by atoms with van der Waals surface area (Å²) in [7, 11) is 4.56. The van der Waals surface area contributed by atoms with Gasteiger partial charge in [-0.3, -0.25) is 0 Å². The maximum atomic E-state index is 4.56. The first kappa shape index (κ1) is 77.9. The van der Waals surface area contributed by atoms with Crippen molar-refractivity contribution in [1.82, 2.24) is 0 Å². The molecule has 0 aliphatic heterocycles. The maximum absolute atomic E-state index is 4.56. The maximum Gasteiger partial charge on any atom is -1.00 e. The van der Waals surface area contributed by atoms with E-state index in [0.29, 0.717) is 0 Å². The fourth-order valence-corrected chi connectivity index (χ4v) is 0. The van der Waals surface area contributed by atoms with Crippen molar-refractivity contribution in [2.24, 2.45) is 0 Å². The molecule has 8 heavy (non-hydrogen) atoms. The Labute approximate surface area is 97.0 Å². The van der Waals surface area contributed by atoms with Gasteiger partial charge in [0, 0.05) is 0 Å². The topological polar surface area (TPSA) is 31.5 Å². The molecular weight excluding hydrogens is 247 g/mol. The van der Waals surface area contributed by atoms with Gasteiger partial charge in [0.25, 0.3) is 0 Å². The van der Waals surface area contributed by atoms with Crippen LogP contribution in [0.25, 0.3) is 0 Å². The van der Waals surface area contributed by atoms with E-state index >= 15 is 0 Å². The Morgan fingerprint density at radius 2 is 0.750 bits per heavy atom. The second-order valence-electron chi connectivity index (χ2n) is 0. The van der Waals surface area contributed by atoms with Gasteiger partial charge in [-0.1, -0.05) is 0 Å². The van der Waals surface area contributed by atoms with Gasteiger partial charge in [-0.2, -0.15) is 0 Å². The summed E-state index contributed by atoms with van der Waals surface area (Å²) >= 11 is 1.89. The van der Waals surface area contributed by atoms with Gasteiger partial charge in [-0.15, -0.1) is 0 Å². The van der Waals surface area contributed by atoms with Gasteiger partial charge in [0.1, 0.15) is 0 Å². The molecule has 0 aromatic carbocycles. The molecule has 1 radical (unpaired) electrons. The molecule has 49 valence electrons. The van der Waals surface area contributed by atoms with Crippen LogP contribution in [0.3, 0.4) is 0 Å². The number of hydrogen-bond acceptors (Lipinski definition) is 0. The Morgan fingerprint density at radius 1 is 0.750 bits per heavy atom. The molecule has 0 atom stereocenters. The average Bonchev–Trinajstić information content (AvgIpc) is 1.00. The minimum atomic E-state index is 0. The van der Waals surface area contributed by atoms with E-state index in [4.69, 9.17) is 0 Å². The van der Waals surface area contributed by atoms with E-state index in [1.807, 2.05) is 15.4 Å². The number of rotatable bonds is 0. The SMILES string of the molecule is O.[Al+3].[Al+][Cl].[Cl-].[Cl-].[Cl-].[Cl-]. The molecular formula is H2Al2Cl5O. The van der Waals surface area contributed by atoms with Gasteiger partial charge >= 0.3 is 42.8 Å². The zero-order valence-corrected chi connectivity index (χ0v) is 9.63. The van der Waals surface area contributed by atoms with Crippen molar-refractivity contribution in [2.75, 3.05) is 0 Å². The summed E-state index contributed by atoms with van der Waals surface area (Å²) < 4.78 is 0. The van der Waals surface area contributed by atoms with Crippen LogP contribution >= 0.6 is 10.0 Å². The molecule has 0 saturated carbocycles. The van der Waals surface area contributed by atoms with E-state index in [2.05, 4.69) is 10.0 Å². The minimum Gasteiger partial charge on any atom is -1.00 e. The van der Waals surface area contributed by atoms with Gasteiger partial charge in [-0.25, -0.2) is 0 Å². The molecule has 0 aliphatic rings. The third-order valence-corrected chi connectivity index (χ3v) is 0. The van der Waals surface area contributed by atoms with E-state index in [9.17, 15) is 0 Å². The predicted molar refractivity (Wildman–Crippen MR) is 21.0 cm³/mol. The van der Waals surface area contributed by atoms with Crippen molar-refractivity contribution in [1.29, 1.82) is 0 Å². The molecule has 0 rings (SSSR count). The summed E-state index contributed by atoms with van der Waals surface area (Å²) in [6.07, 6.45) is 0. The molecule has 0 saturated heterocycles. The summed E-state index contributed by atoms with van der Waals surface area (Å²) in [5.74, 6) is 0. The summed E-state index contributed by atoms with van der Waals surface area (Å²) in [4.78, 5) is 0. The van der Waals surface area contributed by atoms with Crippen LogP contribution in [-0.2, 0) is 0 Å². The third kappa shape index (κ3) is 77.3. The normalized spacial score (nSPS) is 0.500. The van der Waals surface area contributed by atoms with Gasteiger partial charge in [-0.05, 0) is 0 Å². The zero-order chi connectivity index (χ0) is 2.00. The minimum absolute atomic E-state index is 0. The van der Waals surface area contributed by atoms with Crippen LogP contribution in [0.1, 0.15) is 0 Å². The summed E-state index contributed by atoms with van der Waals surface area (Å²) in [5, 5.41) is 0. The smallest absolute Gasteiger partial charge is 1.00 e. The molecule has 0 fully saturated rings. The standard InChI is InChI=1S/2Al.5ClH.H2O/h;;5*1H;1H2/q+2;+3;;;;;;/p-5. The Hall–Kier alpha value is 2.47. The largest absolute Gasteiger partial charge is 1.00 e. The fourth-order valence-electron chi connectivity index (χ4n) is 0. The van der Waals surface area contributed by atoms with Gasteiger partial charge in [0.05, 0.1) is 0 Å². The summed E-state index contributed by atoms with van der Waals surface area (Å²) in [6, 6.07) is 0. The molecule has 0 aromatic heterocycles. The van der Waals surface area contributed by atoms with Crippen molar-refractivity contribution in [3.8, 4) is 0 Å². The number of halogens is 5. The van der Waals surface area contributed by atoms with E-state index in [0.717, 1.165) is 0 Å². The molecule has 0 aliphatic carbocycles. The van der Waals surface area contributed by atoms with Crippen LogP contribution in [0.2, 0.25) is 0 Å². The molecule has 1 nitrogen and oxygen atoms in total. The quantitative estimate of drug-likeness (QED) is 0.382. The van der Waals surface area contributed by atoms with Crippen molar-refractivity contribution < 1.29 is 55.1 Å². The van der Waals surface area contributed by atoms with Crippen LogP contribution < -0.4 is 49.6 Å². The average molecular weight is 249 g/mol. The Kier molecular flexibility index (Phi) is 1080. The van der Waals surface area contributed by atoms with E-state index < -0.39 is 0 Å². The molecule has 0 spiro atoms. The van der Waals surface area contributed by atoms with Crippen molar-refractivity contribution in [3.05, 3.63) is 0 Å². The fraction of sp³-hybridized carbons (Fsp3) is 0. The third-order valence-electron chi connectivity index (χ3n) is 0. The van der Waals surface area contributed by atoms with Crippen LogP contribution in [0, 0.1) is 0 Å². The van der Waals surface area contributed by atoms with E-state index in [1.165, 1.54) is 0 Å². The predicted octanol–water partition coefficient (Wildman–Crippen LogP) is -12.9. The molecule has 0 amide bonds. The van der Waals surface area contributed by atoms with Gasteiger partial charge in [0.2, 0.25) is 0 Å². The zero-order valence-electron chi connectivity index (χ0n) is 3.54. The Bertz CT molecular complexity index is 10.4. The van der Waals surface area contributed by atoms with Gasteiger partial charge in [0.15, 0.2) is 0 Å². The first-order chi connectivity index (χ1) is 1.00. The van der Waals surface area contributed by atoms with Crippen LogP contribution in [0.15, 0.2) is 0 Å². The summed E-state index contributed by atoms with van der Waals surface area (Å²) in [5.41, 5.74) is 0. The molecule has 0 heterocycles.